The fourth-order valence-electron chi connectivity index (χ4n) is 3.92. The molecule has 3 aromatic rings. The van der Waals surface area contributed by atoms with E-state index < -0.39 is 5.97 Å². The number of benzene rings is 2. The number of piperidine rings is 1. The average Bonchev–Trinajstić information content (AvgIpc) is 3.08. The Balaban J connectivity index is 1.54. The largest absolute Gasteiger partial charge is 0.478 e. The van der Waals surface area contributed by atoms with E-state index in [-0.39, 0.29) is 0 Å². The summed E-state index contributed by atoms with van der Waals surface area (Å²) in [5.74, 6) is 0.542. The predicted molar refractivity (Wildman–Crippen MR) is 101 cm³/mol. The van der Waals surface area contributed by atoms with Gasteiger partial charge in [0.15, 0.2) is 0 Å². The third-order valence-electron chi connectivity index (χ3n) is 5.27. The number of imidazole rings is 1. The summed E-state index contributed by atoms with van der Waals surface area (Å²) >= 11 is 0. The molecule has 0 bridgehead atoms. The summed E-state index contributed by atoms with van der Waals surface area (Å²) in [6.45, 7) is 4.64. The molecule has 26 heavy (non-hydrogen) atoms. The number of aryl methyl sites for hydroxylation is 1. The Morgan fingerprint density at radius 2 is 2.12 bits per heavy atom. The van der Waals surface area contributed by atoms with E-state index in [1.165, 1.54) is 5.56 Å². The van der Waals surface area contributed by atoms with Crippen molar-refractivity contribution in [1.29, 1.82) is 0 Å². The van der Waals surface area contributed by atoms with Crippen LogP contribution in [0.1, 0.15) is 46.1 Å². The molecule has 1 aliphatic heterocycles. The molecule has 1 saturated heterocycles. The summed E-state index contributed by atoms with van der Waals surface area (Å²) in [6.07, 6.45) is 2.20. The number of hydrogen-bond acceptors (Lipinski definition) is 3. The molecule has 1 atom stereocenters. The van der Waals surface area contributed by atoms with Crippen LogP contribution in [0.2, 0.25) is 0 Å². The molecule has 1 fully saturated rings. The summed E-state index contributed by atoms with van der Waals surface area (Å²) in [7, 11) is 0. The number of hydrogen-bond donors (Lipinski definition) is 2. The molecule has 2 aromatic carbocycles. The maximum absolute atomic E-state index is 11.4. The molecule has 5 heteroatoms. The maximum atomic E-state index is 11.4. The van der Waals surface area contributed by atoms with Crippen molar-refractivity contribution in [2.75, 3.05) is 13.1 Å². The lowest BCUT2D eigenvalue weighted by Gasteiger charge is -2.32. The van der Waals surface area contributed by atoms with E-state index in [1.807, 2.05) is 12.1 Å². The lowest BCUT2D eigenvalue weighted by Crippen LogP contribution is -2.34. The third kappa shape index (κ3) is 3.22. The first-order valence-electron chi connectivity index (χ1n) is 9.10. The summed E-state index contributed by atoms with van der Waals surface area (Å²) in [6, 6.07) is 13.5. The number of likely N-dealkylation sites (tertiary alicyclic amines) is 1. The fourth-order valence-corrected chi connectivity index (χ4v) is 3.92. The fraction of sp³-hybridized carbons (Fsp3) is 0.333. The van der Waals surface area contributed by atoms with Gasteiger partial charge in [0.25, 0.3) is 0 Å². The minimum atomic E-state index is -0.859. The van der Waals surface area contributed by atoms with Crippen LogP contribution in [0, 0.1) is 6.92 Å². The number of carboxylic acid groups (broad SMARTS) is 1. The molecule has 1 aliphatic rings. The second kappa shape index (κ2) is 6.92. The van der Waals surface area contributed by atoms with Crippen molar-refractivity contribution in [2.24, 2.45) is 0 Å². The number of nitrogens with one attached hydrogen (secondary N) is 1. The molecule has 0 spiro atoms. The van der Waals surface area contributed by atoms with E-state index >= 15 is 0 Å². The highest BCUT2D eigenvalue weighted by Gasteiger charge is 2.25. The van der Waals surface area contributed by atoms with Crippen LogP contribution in [-0.2, 0) is 6.54 Å². The van der Waals surface area contributed by atoms with Gasteiger partial charge < -0.3 is 10.1 Å². The highest BCUT2D eigenvalue weighted by molar-refractivity contribution is 5.89. The zero-order chi connectivity index (χ0) is 18.1. The molecule has 0 amide bonds. The summed E-state index contributed by atoms with van der Waals surface area (Å²) in [5.41, 5.74) is 4.60. The SMILES string of the molecule is Cc1cccc2[nH]c([C@@H]3CCCN(Cc4ccccc4C(=O)O)C3)nc12. The number of carboxylic acids is 1. The van der Waals surface area contributed by atoms with Gasteiger partial charge in [-0.2, -0.15) is 0 Å². The number of fused-ring (bicyclic) bond motifs is 1. The predicted octanol–water partition coefficient (Wildman–Crippen LogP) is 3.95. The molecular formula is C21H23N3O2. The zero-order valence-corrected chi connectivity index (χ0v) is 14.9. The number of carbonyl (C=O) groups is 1. The summed E-state index contributed by atoms with van der Waals surface area (Å²) in [4.78, 5) is 22.1. The Hall–Kier alpha value is -2.66. The first-order valence-corrected chi connectivity index (χ1v) is 9.10. The standard InChI is InChI=1S/C21H23N3O2/c1-14-6-4-10-18-19(14)23-20(22-18)16-8-5-11-24(13-16)12-15-7-2-3-9-17(15)21(25)26/h2-4,6-7,9-10,16H,5,8,11-13H2,1H3,(H,22,23)(H,25,26)/t16-/m1/s1. The van der Waals surface area contributed by atoms with Gasteiger partial charge >= 0.3 is 5.97 Å². The molecule has 0 saturated carbocycles. The maximum Gasteiger partial charge on any atom is 0.336 e. The quantitative estimate of drug-likeness (QED) is 0.748. The summed E-state index contributed by atoms with van der Waals surface area (Å²) < 4.78 is 0. The lowest BCUT2D eigenvalue weighted by atomic mass is 9.96. The Kier molecular flexibility index (Phi) is 4.47. The molecule has 134 valence electrons. The zero-order valence-electron chi connectivity index (χ0n) is 14.9. The molecule has 0 aliphatic carbocycles. The van der Waals surface area contributed by atoms with Crippen LogP contribution in [0.4, 0.5) is 0 Å². The van der Waals surface area contributed by atoms with E-state index in [4.69, 9.17) is 4.98 Å². The highest BCUT2D eigenvalue weighted by Crippen LogP contribution is 2.28. The van der Waals surface area contributed by atoms with Crippen LogP contribution < -0.4 is 0 Å². The first kappa shape index (κ1) is 16.8. The van der Waals surface area contributed by atoms with E-state index in [9.17, 15) is 9.90 Å². The van der Waals surface area contributed by atoms with Crippen molar-refractivity contribution in [2.45, 2.75) is 32.2 Å². The Morgan fingerprint density at radius 3 is 2.92 bits per heavy atom. The molecule has 5 nitrogen and oxygen atoms in total. The first-order chi connectivity index (χ1) is 12.6. The second-order valence-electron chi connectivity index (χ2n) is 7.13. The molecule has 4 rings (SSSR count). The van der Waals surface area contributed by atoms with Crippen molar-refractivity contribution >= 4 is 17.0 Å². The van der Waals surface area contributed by atoms with Gasteiger partial charge in [-0.05, 0) is 49.6 Å². The minimum Gasteiger partial charge on any atom is -0.478 e. The molecule has 0 unspecified atom stereocenters. The van der Waals surface area contributed by atoms with Crippen LogP contribution in [0.25, 0.3) is 11.0 Å². The average molecular weight is 349 g/mol. The second-order valence-corrected chi connectivity index (χ2v) is 7.13. The van der Waals surface area contributed by atoms with Crippen molar-refractivity contribution in [3.63, 3.8) is 0 Å². The Bertz CT molecular complexity index is 947. The highest BCUT2D eigenvalue weighted by atomic mass is 16.4. The van der Waals surface area contributed by atoms with Crippen LogP contribution in [-0.4, -0.2) is 39.0 Å². The van der Waals surface area contributed by atoms with Gasteiger partial charge in [0, 0.05) is 19.0 Å². The van der Waals surface area contributed by atoms with E-state index in [0.29, 0.717) is 18.0 Å². The topological polar surface area (TPSA) is 69.2 Å². The van der Waals surface area contributed by atoms with Gasteiger partial charge in [0.05, 0.1) is 16.6 Å². The van der Waals surface area contributed by atoms with Gasteiger partial charge in [-0.1, -0.05) is 30.3 Å². The number of H-pyrrole nitrogens is 1. The van der Waals surface area contributed by atoms with E-state index in [2.05, 4.69) is 35.0 Å². The molecular weight excluding hydrogens is 326 g/mol. The van der Waals surface area contributed by atoms with E-state index in [1.54, 1.807) is 12.1 Å². The van der Waals surface area contributed by atoms with Gasteiger partial charge in [0.2, 0.25) is 0 Å². The molecule has 1 aromatic heterocycles. The van der Waals surface area contributed by atoms with Gasteiger partial charge in [-0.25, -0.2) is 9.78 Å². The van der Waals surface area contributed by atoms with Crippen molar-refractivity contribution in [3.05, 3.63) is 65.0 Å². The van der Waals surface area contributed by atoms with Crippen molar-refractivity contribution in [1.82, 2.24) is 14.9 Å². The molecule has 2 N–H and O–H groups in total. The molecule has 0 radical (unpaired) electrons. The van der Waals surface area contributed by atoms with Crippen LogP contribution in [0.3, 0.4) is 0 Å². The monoisotopic (exact) mass is 349 g/mol. The number of nitrogens with zero attached hydrogens (tertiary/aromatic N) is 2. The van der Waals surface area contributed by atoms with Gasteiger partial charge in [-0.3, -0.25) is 4.90 Å². The Labute approximate surface area is 152 Å². The van der Waals surface area contributed by atoms with Crippen LogP contribution in [0.5, 0.6) is 0 Å². The van der Waals surface area contributed by atoms with E-state index in [0.717, 1.165) is 48.4 Å². The third-order valence-corrected chi connectivity index (χ3v) is 5.27. The van der Waals surface area contributed by atoms with Crippen LogP contribution in [0.15, 0.2) is 42.5 Å². The summed E-state index contributed by atoms with van der Waals surface area (Å²) in [5, 5.41) is 9.40. The number of aromatic nitrogens is 2. The van der Waals surface area contributed by atoms with Gasteiger partial charge in [0.1, 0.15) is 5.82 Å². The number of para-hydroxylation sites is 1. The number of rotatable bonds is 4. The Morgan fingerprint density at radius 1 is 1.27 bits per heavy atom. The number of aromatic carboxylic acids is 1. The number of aromatic amines is 1. The van der Waals surface area contributed by atoms with Gasteiger partial charge in [-0.15, -0.1) is 0 Å². The molecule has 2 heterocycles. The van der Waals surface area contributed by atoms with Crippen molar-refractivity contribution in [3.8, 4) is 0 Å². The normalized spacial score (nSPS) is 18.3. The lowest BCUT2D eigenvalue weighted by molar-refractivity contribution is 0.0694. The smallest absolute Gasteiger partial charge is 0.336 e. The van der Waals surface area contributed by atoms with Crippen LogP contribution >= 0.6 is 0 Å². The van der Waals surface area contributed by atoms with Crippen molar-refractivity contribution < 1.29 is 9.90 Å². The minimum absolute atomic E-state index is 0.354.